The SMILES string of the molecule is CC(C)(C)c1ccc(NC(=O)NCC(c2cccs2)n2cccn2)cc1. The van der Waals surface area contributed by atoms with E-state index in [1.807, 2.05) is 52.7 Å². The number of carbonyl (C=O) groups excluding carboxylic acids is 1. The molecular weight excluding hydrogens is 344 g/mol. The molecule has 0 aliphatic carbocycles. The molecule has 2 amide bonds. The highest BCUT2D eigenvalue weighted by Crippen LogP contribution is 2.24. The van der Waals surface area contributed by atoms with E-state index < -0.39 is 0 Å². The highest BCUT2D eigenvalue weighted by atomic mass is 32.1. The highest BCUT2D eigenvalue weighted by Gasteiger charge is 2.17. The fourth-order valence-electron chi connectivity index (χ4n) is 2.69. The summed E-state index contributed by atoms with van der Waals surface area (Å²) >= 11 is 1.66. The molecule has 2 aromatic heterocycles. The standard InChI is InChI=1S/C20H24N4OS/c1-20(2,3)15-7-9-16(10-8-15)23-19(25)21-14-17(18-6-4-13-26-18)24-12-5-11-22-24/h4-13,17H,14H2,1-3H3,(H2,21,23,25). The molecule has 0 bridgehead atoms. The Morgan fingerprint density at radius 3 is 2.54 bits per heavy atom. The number of benzene rings is 1. The second kappa shape index (κ2) is 7.74. The molecule has 1 aromatic carbocycles. The fourth-order valence-corrected chi connectivity index (χ4v) is 3.51. The van der Waals surface area contributed by atoms with Crippen LogP contribution in [0.25, 0.3) is 0 Å². The average Bonchev–Trinajstić information content (AvgIpc) is 3.29. The van der Waals surface area contributed by atoms with Crippen LogP contribution in [0, 0.1) is 0 Å². The van der Waals surface area contributed by atoms with E-state index in [1.165, 1.54) is 5.56 Å². The summed E-state index contributed by atoms with van der Waals surface area (Å²) in [4.78, 5) is 13.4. The van der Waals surface area contributed by atoms with E-state index in [2.05, 4.69) is 42.6 Å². The van der Waals surface area contributed by atoms with Crippen LogP contribution >= 0.6 is 11.3 Å². The predicted octanol–water partition coefficient (Wildman–Crippen LogP) is 4.65. The van der Waals surface area contributed by atoms with Gasteiger partial charge >= 0.3 is 6.03 Å². The van der Waals surface area contributed by atoms with E-state index in [1.54, 1.807) is 17.5 Å². The van der Waals surface area contributed by atoms with Gasteiger partial charge in [0.25, 0.3) is 0 Å². The maximum atomic E-state index is 12.3. The van der Waals surface area contributed by atoms with Crippen molar-refractivity contribution in [2.45, 2.75) is 32.2 Å². The van der Waals surface area contributed by atoms with Gasteiger partial charge in [-0.05, 0) is 40.6 Å². The fraction of sp³-hybridized carbons (Fsp3) is 0.300. The zero-order chi connectivity index (χ0) is 18.6. The van der Waals surface area contributed by atoms with E-state index in [4.69, 9.17) is 0 Å². The smallest absolute Gasteiger partial charge is 0.319 e. The third-order valence-corrected chi connectivity index (χ3v) is 5.15. The zero-order valence-electron chi connectivity index (χ0n) is 15.3. The van der Waals surface area contributed by atoms with Gasteiger partial charge in [0.15, 0.2) is 0 Å². The monoisotopic (exact) mass is 368 g/mol. The number of hydrogen-bond donors (Lipinski definition) is 2. The second-order valence-corrected chi connectivity index (χ2v) is 8.16. The Balaban J connectivity index is 1.61. The number of nitrogens with one attached hydrogen (secondary N) is 2. The van der Waals surface area contributed by atoms with Gasteiger partial charge in [0.2, 0.25) is 0 Å². The summed E-state index contributed by atoms with van der Waals surface area (Å²) in [7, 11) is 0. The first kappa shape index (κ1) is 18.2. The van der Waals surface area contributed by atoms with E-state index in [0.717, 1.165) is 10.6 Å². The third-order valence-electron chi connectivity index (χ3n) is 4.18. The predicted molar refractivity (Wildman–Crippen MR) is 107 cm³/mol. The number of rotatable bonds is 5. The molecule has 5 nitrogen and oxygen atoms in total. The van der Waals surface area contributed by atoms with Crippen LogP contribution in [0.5, 0.6) is 0 Å². The van der Waals surface area contributed by atoms with Crippen molar-refractivity contribution < 1.29 is 4.79 Å². The summed E-state index contributed by atoms with van der Waals surface area (Å²) < 4.78 is 1.87. The Bertz CT molecular complexity index is 784. The lowest BCUT2D eigenvalue weighted by Crippen LogP contribution is -2.34. The molecule has 136 valence electrons. The number of aromatic nitrogens is 2. The van der Waals surface area contributed by atoms with Gasteiger partial charge in [0, 0.05) is 29.5 Å². The van der Waals surface area contributed by atoms with Crippen molar-refractivity contribution >= 4 is 23.1 Å². The van der Waals surface area contributed by atoms with Crippen molar-refractivity contribution in [1.82, 2.24) is 15.1 Å². The molecule has 0 saturated carbocycles. The molecule has 0 saturated heterocycles. The minimum atomic E-state index is -0.220. The summed E-state index contributed by atoms with van der Waals surface area (Å²) in [6.07, 6.45) is 3.66. The molecule has 0 radical (unpaired) electrons. The van der Waals surface area contributed by atoms with E-state index in [0.29, 0.717) is 6.54 Å². The molecular formula is C20H24N4OS. The van der Waals surface area contributed by atoms with Crippen LogP contribution in [0.2, 0.25) is 0 Å². The third kappa shape index (κ3) is 4.52. The molecule has 3 aromatic rings. The summed E-state index contributed by atoms with van der Waals surface area (Å²) in [6, 6.07) is 13.7. The number of carbonyl (C=O) groups is 1. The Morgan fingerprint density at radius 1 is 1.19 bits per heavy atom. The molecule has 3 rings (SSSR count). The van der Waals surface area contributed by atoms with Gasteiger partial charge < -0.3 is 10.6 Å². The van der Waals surface area contributed by atoms with Crippen LogP contribution in [-0.4, -0.2) is 22.4 Å². The molecule has 2 N–H and O–H groups in total. The lowest BCUT2D eigenvalue weighted by molar-refractivity contribution is 0.250. The number of urea groups is 1. The van der Waals surface area contributed by atoms with E-state index >= 15 is 0 Å². The van der Waals surface area contributed by atoms with Gasteiger partial charge in [-0.2, -0.15) is 5.10 Å². The summed E-state index contributed by atoms with van der Waals surface area (Å²) in [5, 5.41) is 12.2. The molecule has 1 atom stereocenters. The molecule has 0 spiro atoms. The summed E-state index contributed by atoms with van der Waals surface area (Å²) in [5.74, 6) is 0. The average molecular weight is 369 g/mol. The van der Waals surface area contributed by atoms with Gasteiger partial charge in [0.1, 0.15) is 6.04 Å². The van der Waals surface area contributed by atoms with Gasteiger partial charge in [0.05, 0.1) is 0 Å². The number of thiophene rings is 1. The minimum Gasteiger partial charge on any atom is -0.335 e. The summed E-state index contributed by atoms with van der Waals surface area (Å²) in [6.45, 7) is 6.97. The van der Waals surface area contributed by atoms with Crippen molar-refractivity contribution in [3.8, 4) is 0 Å². The Morgan fingerprint density at radius 2 is 1.96 bits per heavy atom. The molecule has 2 heterocycles. The first-order valence-corrected chi connectivity index (χ1v) is 9.49. The van der Waals surface area contributed by atoms with Gasteiger partial charge in [-0.25, -0.2) is 4.79 Å². The Kier molecular flexibility index (Phi) is 5.42. The normalized spacial score (nSPS) is 12.6. The quantitative estimate of drug-likeness (QED) is 0.688. The molecule has 0 aliphatic heterocycles. The van der Waals surface area contributed by atoms with Crippen LogP contribution in [0.4, 0.5) is 10.5 Å². The number of hydrogen-bond acceptors (Lipinski definition) is 3. The highest BCUT2D eigenvalue weighted by molar-refractivity contribution is 7.10. The van der Waals surface area contributed by atoms with Gasteiger partial charge in [-0.3, -0.25) is 4.68 Å². The lowest BCUT2D eigenvalue weighted by Gasteiger charge is -2.19. The molecule has 0 fully saturated rings. The number of nitrogens with zero attached hydrogens (tertiary/aromatic N) is 2. The van der Waals surface area contributed by atoms with Gasteiger partial charge in [-0.15, -0.1) is 11.3 Å². The van der Waals surface area contributed by atoms with Crippen LogP contribution < -0.4 is 10.6 Å². The van der Waals surface area contributed by atoms with Crippen LogP contribution in [0.3, 0.4) is 0 Å². The van der Waals surface area contributed by atoms with Crippen molar-refractivity contribution in [3.05, 3.63) is 70.7 Å². The molecule has 6 heteroatoms. The molecule has 26 heavy (non-hydrogen) atoms. The second-order valence-electron chi connectivity index (χ2n) is 7.18. The maximum Gasteiger partial charge on any atom is 0.319 e. The van der Waals surface area contributed by atoms with E-state index in [9.17, 15) is 4.79 Å². The van der Waals surface area contributed by atoms with Gasteiger partial charge in [-0.1, -0.05) is 39.0 Å². The number of anilines is 1. The van der Waals surface area contributed by atoms with Crippen molar-refractivity contribution in [3.63, 3.8) is 0 Å². The minimum absolute atomic E-state index is 0.0148. The Hall–Kier alpha value is -2.60. The largest absolute Gasteiger partial charge is 0.335 e. The molecule has 0 aliphatic rings. The number of amides is 2. The zero-order valence-corrected chi connectivity index (χ0v) is 16.1. The van der Waals surface area contributed by atoms with Crippen LogP contribution in [-0.2, 0) is 5.41 Å². The van der Waals surface area contributed by atoms with E-state index in [-0.39, 0.29) is 17.5 Å². The molecule has 1 unspecified atom stereocenters. The Labute approximate surface area is 158 Å². The lowest BCUT2D eigenvalue weighted by atomic mass is 9.87. The first-order chi connectivity index (χ1) is 12.4. The first-order valence-electron chi connectivity index (χ1n) is 8.61. The topological polar surface area (TPSA) is 59.0 Å². The van der Waals surface area contributed by atoms with Crippen molar-refractivity contribution in [1.29, 1.82) is 0 Å². The maximum absolute atomic E-state index is 12.3. The van der Waals surface area contributed by atoms with Crippen molar-refractivity contribution in [2.24, 2.45) is 0 Å². The van der Waals surface area contributed by atoms with Crippen LogP contribution in [0.1, 0.15) is 37.3 Å². The summed E-state index contributed by atoms with van der Waals surface area (Å²) in [5.41, 5.74) is 2.11. The van der Waals surface area contributed by atoms with Crippen LogP contribution in [0.15, 0.2) is 60.2 Å². The van der Waals surface area contributed by atoms with Crippen molar-refractivity contribution in [2.75, 3.05) is 11.9 Å².